The first-order valence-electron chi connectivity index (χ1n) is 14.4. The fraction of sp³-hybridized carbons (Fsp3) is 0.0909. The molecule has 5 aromatic rings. The van der Waals surface area contributed by atoms with Gasteiger partial charge in [0.25, 0.3) is 0 Å². The zero-order valence-corrected chi connectivity index (χ0v) is 27.0. The van der Waals surface area contributed by atoms with Gasteiger partial charge in [0.1, 0.15) is 58.4 Å². The van der Waals surface area contributed by atoms with E-state index < -0.39 is 144 Å². The molecule has 0 aliphatic rings. The van der Waals surface area contributed by atoms with Crippen molar-refractivity contribution in [2.75, 3.05) is 0 Å². The lowest BCUT2D eigenvalue weighted by atomic mass is 9.12. The lowest BCUT2D eigenvalue weighted by Crippen LogP contribution is -2.81. The van der Waals surface area contributed by atoms with Crippen molar-refractivity contribution in [2.45, 2.75) is 20.8 Å². The van der Waals surface area contributed by atoms with Crippen molar-refractivity contribution in [1.29, 1.82) is 0 Å². The molecule has 55 heavy (non-hydrogen) atoms. The van der Waals surface area contributed by atoms with Crippen molar-refractivity contribution in [3.63, 3.8) is 0 Å². The maximum atomic E-state index is 15.4. The molecule has 0 unspecified atom stereocenters. The van der Waals surface area contributed by atoms with E-state index in [9.17, 15) is 52.7 Å². The first-order valence-corrected chi connectivity index (χ1v) is 14.4. The van der Waals surface area contributed by atoms with Crippen molar-refractivity contribution in [1.82, 2.24) is 0 Å². The normalized spacial score (nSPS) is 11.6. The van der Waals surface area contributed by atoms with Gasteiger partial charge in [0.15, 0.2) is 69.8 Å². The summed E-state index contributed by atoms with van der Waals surface area (Å²) < 4.78 is 294. The number of aryl methyl sites for hydroxylation is 3. The van der Waals surface area contributed by atoms with Gasteiger partial charge in [-0.05, 0) is 20.8 Å². The third-order valence-corrected chi connectivity index (χ3v) is 8.55. The summed E-state index contributed by atoms with van der Waals surface area (Å²) in [7, 11) is 0. The van der Waals surface area contributed by atoms with E-state index in [-0.39, 0.29) is 0 Å². The van der Waals surface area contributed by atoms with Gasteiger partial charge in [-0.1, -0.05) is 17.7 Å². The summed E-state index contributed by atoms with van der Waals surface area (Å²) in [6.45, 7) is 6.31. The number of quaternary nitrogens is 1. The second kappa shape index (κ2) is 14.8. The molecule has 22 heteroatoms. The van der Waals surface area contributed by atoms with Gasteiger partial charge in [-0.3, -0.25) is 0 Å². The Morgan fingerprint density at radius 3 is 0.600 bits per heavy atom. The van der Waals surface area contributed by atoms with Crippen LogP contribution < -0.4 is 27.6 Å². The van der Waals surface area contributed by atoms with E-state index in [0.717, 1.165) is 0 Å². The number of hydrogen-bond donors (Lipinski definition) is 1. The Labute approximate surface area is 293 Å². The van der Waals surface area contributed by atoms with E-state index in [1.165, 1.54) is 22.4 Å². The summed E-state index contributed by atoms with van der Waals surface area (Å²) >= 11 is 0. The second-order valence-corrected chi connectivity index (χ2v) is 11.7. The van der Waals surface area contributed by atoms with Gasteiger partial charge in [0.05, 0.1) is 0 Å². The molecule has 0 spiro atoms. The fourth-order valence-corrected chi connectivity index (χ4v) is 6.08. The molecule has 0 amide bonds. The second-order valence-electron chi connectivity index (χ2n) is 11.7. The van der Waals surface area contributed by atoms with Gasteiger partial charge in [-0.15, -0.1) is 21.9 Å². The van der Waals surface area contributed by atoms with Crippen molar-refractivity contribution in [2.24, 2.45) is 0 Å². The molecule has 3 N–H and O–H groups in total. The van der Waals surface area contributed by atoms with Crippen LogP contribution in [0.3, 0.4) is 0 Å². The first-order chi connectivity index (χ1) is 25.3. The zero-order valence-electron chi connectivity index (χ0n) is 27.0. The smallest absolute Gasteiger partial charge is 0.200 e. The van der Waals surface area contributed by atoms with E-state index in [1.807, 2.05) is 0 Å². The average molecular weight is 815 g/mol. The summed E-state index contributed by atoms with van der Waals surface area (Å²) in [6.07, 6.45) is -7.22. The summed E-state index contributed by atoms with van der Waals surface area (Å²) in [5.74, 6) is -71.4. The molecule has 0 heterocycles. The van der Waals surface area contributed by atoms with Gasteiger partial charge in [-0.25, -0.2) is 87.8 Å². The first kappa shape index (κ1) is 42.5. The highest BCUT2D eigenvalue weighted by molar-refractivity contribution is 7.20. The lowest BCUT2D eigenvalue weighted by molar-refractivity contribution is -0.256. The van der Waals surface area contributed by atoms with Crippen molar-refractivity contribution in [3.8, 4) is 0 Å². The summed E-state index contributed by atoms with van der Waals surface area (Å²) in [4.78, 5) is 0. The largest absolute Gasteiger partial charge is 0.325 e. The summed E-state index contributed by atoms with van der Waals surface area (Å²) in [6, 6.07) is 4.32. The molecule has 0 fully saturated rings. The standard InChI is InChI=1S/C24BF20.C9H13N/c26-5-1(6(27)14(35)21(42)13(5)34)25(2-7(28)15(36)22(43)16(37)8(2)29,3-9(30)17(38)23(44)18(39)10(3)31)4-11(32)19(40)24(45)20(41)12(4)33;1-6-4-7(2)9(10)8(3)5-6/h;4-5H,10H2,1-3H3/q-1;/p+1. The molecule has 0 aromatic heterocycles. The van der Waals surface area contributed by atoms with Gasteiger partial charge >= 0.3 is 0 Å². The van der Waals surface area contributed by atoms with Crippen LogP contribution in [-0.2, 0) is 0 Å². The molecule has 294 valence electrons. The van der Waals surface area contributed by atoms with Crippen molar-refractivity contribution < 1.29 is 93.5 Å². The Balaban J connectivity index is 0.000000583. The van der Waals surface area contributed by atoms with Gasteiger partial charge in [-0.2, -0.15) is 0 Å². The minimum absolute atomic E-state index is 1.17. The quantitative estimate of drug-likeness (QED) is 0.0853. The van der Waals surface area contributed by atoms with Crippen LogP contribution in [0.25, 0.3) is 0 Å². The SMILES string of the molecule is Cc1cc(C)c([NH3+])c(C)c1.Fc1c(F)c(F)c([B-](c2c(F)c(F)c(F)c(F)c2F)(c2c(F)c(F)c(F)c(F)c2F)c2c(F)c(F)c(F)c(F)c2F)c(F)c1F. The molecule has 5 rings (SSSR count). The van der Waals surface area contributed by atoms with Crippen LogP contribution in [-0.4, -0.2) is 6.15 Å². The van der Waals surface area contributed by atoms with E-state index in [2.05, 4.69) is 38.6 Å². The van der Waals surface area contributed by atoms with Crippen molar-refractivity contribution in [3.05, 3.63) is 145 Å². The Morgan fingerprint density at radius 2 is 0.436 bits per heavy atom. The molecule has 0 bridgehead atoms. The molecule has 0 radical (unpaired) electrons. The molecule has 0 aliphatic carbocycles. The maximum absolute atomic E-state index is 15.4. The molecule has 0 saturated heterocycles. The highest BCUT2D eigenvalue weighted by atomic mass is 19.2. The van der Waals surface area contributed by atoms with E-state index in [0.29, 0.717) is 0 Å². The number of hydrogen-bond acceptors (Lipinski definition) is 0. The van der Waals surface area contributed by atoms with Crippen LogP contribution in [0.5, 0.6) is 0 Å². The Morgan fingerprint density at radius 1 is 0.291 bits per heavy atom. The van der Waals surface area contributed by atoms with Crippen LogP contribution in [0.15, 0.2) is 12.1 Å². The van der Waals surface area contributed by atoms with E-state index in [1.54, 1.807) is 0 Å². The van der Waals surface area contributed by atoms with Crippen LogP contribution >= 0.6 is 0 Å². The lowest BCUT2D eigenvalue weighted by Gasteiger charge is -2.44. The predicted molar refractivity (Wildman–Crippen MR) is 152 cm³/mol. The highest BCUT2D eigenvalue weighted by Gasteiger charge is 2.52. The molecule has 0 atom stereocenters. The van der Waals surface area contributed by atoms with Gasteiger partial charge in [0.2, 0.25) is 0 Å². The van der Waals surface area contributed by atoms with E-state index >= 15 is 35.1 Å². The minimum Gasteiger partial charge on any atom is -0.325 e. The maximum Gasteiger partial charge on any atom is 0.200 e. The Kier molecular flexibility index (Phi) is 11.4. The molecule has 0 saturated carbocycles. The number of rotatable bonds is 4. The Bertz CT molecular complexity index is 2020. The van der Waals surface area contributed by atoms with Crippen LogP contribution in [0.2, 0.25) is 0 Å². The predicted octanol–water partition coefficient (Wildman–Crippen LogP) is 7.33. The zero-order chi connectivity index (χ0) is 42.1. The third-order valence-electron chi connectivity index (χ3n) is 8.55. The molecule has 5 aromatic carbocycles. The van der Waals surface area contributed by atoms with Crippen molar-refractivity contribution >= 4 is 33.7 Å². The van der Waals surface area contributed by atoms with Crippen LogP contribution in [0, 0.1) is 137 Å². The Hall–Kier alpha value is -5.28. The van der Waals surface area contributed by atoms with Crippen LogP contribution in [0.1, 0.15) is 16.7 Å². The van der Waals surface area contributed by atoms with E-state index in [4.69, 9.17) is 0 Å². The highest BCUT2D eigenvalue weighted by Crippen LogP contribution is 2.30. The van der Waals surface area contributed by atoms with Gasteiger partial charge < -0.3 is 5.73 Å². The average Bonchev–Trinajstić information content (AvgIpc) is 3.13. The molecular formula is C33H14BF20N. The minimum atomic E-state index is -7.22. The van der Waals surface area contributed by atoms with Crippen LogP contribution in [0.4, 0.5) is 93.5 Å². The molecule has 1 nitrogen and oxygen atoms in total. The third kappa shape index (κ3) is 6.22. The summed E-state index contributed by atoms with van der Waals surface area (Å²) in [5, 5.41) is 0. The molecule has 0 aliphatic heterocycles. The molecular weight excluding hydrogens is 801 g/mol. The monoisotopic (exact) mass is 815 g/mol. The summed E-state index contributed by atoms with van der Waals surface area (Å²) in [5.41, 5.74) is -5.30. The topological polar surface area (TPSA) is 27.6 Å². The fourth-order valence-electron chi connectivity index (χ4n) is 6.08. The number of benzene rings is 5. The van der Waals surface area contributed by atoms with Gasteiger partial charge in [0, 0.05) is 11.1 Å². The number of halogens is 20.